The molecular weight excluding hydrogens is 325 g/mol. The lowest BCUT2D eigenvalue weighted by atomic mass is 10.1. The molecule has 0 atom stereocenters. The molecule has 0 heterocycles. The highest BCUT2D eigenvalue weighted by molar-refractivity contribution is 6.36. The zero-order valence-corrected chi connectivity index (χ0v) is 12.6. The van der Waals surface area contributed by atoms with Gasteiger partial charge in [-0.25, -0.2) is 5.43 Å². The molecule has 7 heteroatoms. The number of rotatable bonds is 3. The number of nitrogens with zero attached hydrogens (tertiary/aromatic N) is 2. The van der Waals surface area contributed by atoms with Crippen LogP contribution in [0.3, 0.4) is 0 Å². The third kappa shape index (κ3) is 3.76. The van der Waals surface area contributed by atoms with Crippen molar-refractivity contribution in [2.24, 2.45) is 5.10 Å². The van der Waals surface area contributed by atoms with Crippen LogP contribution in [-0.2, 0) is 0 Å². The summed E-state index contributed by atoms with van der Waals surface area (Å²) in [7, 11) is 0. The lowest BCUT2D eigenvalue weighted by molar-refractivity contribution is 0.0955. The molecule has 0 aliphatic heterocycles. The fourth-order valence-corrected chi connectivity index (χ4v) is 2.11. The molecule has 0 saturated heterocycles. The second kappa shape index (κ2) is 6.94. The summed E-state index contributed by atoms with van der Waals surface area (Å²) in [5.41, 5.74) is 3.39. The fourth-order valence-electron chi connectivity index (χ4n) is 1.61. The smallest absolute Gasteiger partial charge is 0.271 e. The molecule has 1 amide bonds. The van der Waals surface area contributed by atoms with Crippen LogP contribution in [0.15, 0.2) is 41.5 Å². The van der Waals surface area contributed by atoms with Crippen LogP contribution < -0.4 is 5.43 Å². The van der Waals surface area contributed by atoms with Crippen LogP contribution in [0.25, 0.3) is 0 Å². The zero-order chi connectivity index (χ0) is 16.1. The highest BCUT2D eigenvalue weighted by Gasteiger charge is 2.07. The molecule has 0 aromatic heterocycles. The van der Waals surface area contributed by atoms with Crippen LogP contribution in [0.1, 0.15) is 21.5 Å². The number of nitrogens with one attached hydrogen (secondary N) is 1. The number of amides is 1. The number of carbonyl (C=O) groups excluding carboxylic acids is 1. The largest absolute Gasteiger partial charge is 0.506 e. The Morgan fingerprint density at radius 1 is 1.27 bits per heavy atom. The molecule has 0 fully saturated rings. The molecule has 0 bridgehead atoms. The number of benzene rings is 2. The van der Waals surface area contributed by atoms with Gasteiger partial charge in [0.2, 0.25) is 0 Å². The van der Waals surface area contributed by atoms with Gasteiger partial charge < -0.3 is 5.11 Å². The van der Waals surface area contributed by atoms with Gasteiger partial charge in [0.05, 0.1) is 22.9 Å². The maximum absolute atomic E-state index is 11.8. The molecule has 0 aliphatic carbocycles. The number of phenolic OH excluding ortho intramolecular Hbond substituents is 1. The van der Waals surface area contributed by atoms with Crippen molar-refractivity contribution in [2.75, 3.05) is 0 Å². The Kier molecular flexibility index (Phi) is 4.99. The predicted octanol–water partition coefficient (Wildman–Crippen LogP) is 3.33. The van der Waals surface area contributed by atoms with Crippen LogP contribution in [0.5, 0.6) is 5.75 Å². The van der Waals surface area contributed by atoms with E-state index in [0.29, 0.717) is 16.1 Å². The van der Waals surface area contributed by atoms with Gasteiger partial charge in [-0.15, -0.1) is 0 Å². The second-order valence-corrected chi connectivity index (χ2v) is 5.06. The molecule has 110 valence electrons. The summed E-state index contributed by atoms with van der Waals surface area (Å²) >= 11 is 11.6. The molecule has 0 aliphatic rings. The van der Waals surface area contributed by atoms with E-state index < -0.39 is 5.91 Å². The van der Waals surface area contributed by atoms with Crippen molar-refractivity contribution in [3.63, 3.8) is 0 Å². The number of hydrazone groups is 1. The highest BCUT2D eigenvalue weighted by Crippen LogP contribution is 2.29. The molecule has 0 unspecified atom stereocenters. The predicted molar refractivity (Wildman–Crippen MR) is 84.3 cm³/mol. The third-order valence-electron chi connectivity index (χ3n) is 2.70. The Bertz CT molecular complexity index is 781. The normalized spacial score (nSPS) is 10.4. The summed E-state index contributed by atoms with van der Waals surface area (Å²) in [6, 6.07) is 10.9. The van der Waals surface area contributed by atoms with E-state index in [1.54, 1.807) is 0 Å². The zero-order valence-electron chi connectivity index (χ0n) is 11.0. The van der Waals surface area contributed by atoms with Crippen molar-refractivity contribution >= 4 is 35.3 Å². The second-order valence-electron chi connectivity index (χ2n) is 4.21. The molecule has 2 N–H and O–H groups in total. The van der Waals surface area contributed by atoms with Crippen molar-refractivity contribution in [3.05, 3.63) is 63.1 Å². The van der Waals surface area contributed by atoms with E-state index in [1.807, 2.05) is 6.07 Å². The average molecular weight is 334 g/mol. The first kappa shape index (κ1) is 15.8. The molecule has 2 aromatic carbocycles. The number of halogens is 2. The maximum atomic E-state index is 11.8. The number of phenols is 1. The minimum Gasteiger partial charge on any atom is -0.506 e. The first-order chi connectivity index (χ1) is 10.5. The van der Waals surface area contributed by atoms with Crippen LogP contribution >= 0.6 is 23.2 Å². The van der Waals surface area contributed by atoms with E-state index in [-0.39, 0.29) is 16.3 Å². The Morgan fingerprint density at radius 3 is 2.59 bits per heavy atom. The van der Waals surface area contributed by atoms with Gasteiger partial charge in [-0.2, -0.15) is 10.4 Å². The van der Waals surface area contributed by atoms with Gasteiger partial charge in [0.25, 0.3) is 5.91 Å². The molecule has 0 radical (unpaired) electrons. The molecule has 0 saturated carbocycles. The van der Waals surface area contributed by atoms with Crippen molar-refractivity contribution in [2.45, 2.75) is 0 Å². The van der Waals surface area contributed by atoms with Crippen molar-refractivity contribution in [1.29, 1.82) is 5.26 Å². The number of aromatic hydroxyl groups is 1. The minimum absolute atomic E-state index is 0.0902. The first-order valence-corrected chi connectivity index (χ1v) is 6.78. The van der Waals surface area contributed by atoms with Crippen LogP contribution in [0.4, 0.5) is 0 Å². The SMILES string of the molecule is N#Cc1ccc(C(=O)NN=Cc2cc(Cl)cc(Cl)c2O)cc1. The van der Waals surface area contributed by atoms with E-state index >= 15 is 0 Å². The van der Waals surface area contributed by atoms with Gasteiger partial charge in [0.15, 0.2) is 0 Å². The van der Waals surface area contributed by atoms with E-state index in [4.69, 9.17) is 28.5 Å². The van der Waals surface area contributed by atoms with Gasteiger partial charge in [0, 0.05) is 16.1 Å². The molecule has 5 nitrogen and oxygen atoms in total. The van der Waals surface area contributed by atoms with Crippen LogP contribution in [-0.4, -0.2) is 17.2 Å². The van der Waals surface area contributed by atoms with Gasteiger partial charge in [-0.3, -0.25) is 4.79 Å². The van der Waals surface area contributed by atoms with Gasteiger partial charge in [-0.1, -0.05) is 23.2 Å². The first-order valence-electron chi connectivity index (χ1n) is 6.03. The summed E-state index contributed by atoms with van der Waals surface area (Å²) < 4.78 is 0. The third-order valence-corrected chi connectivity index (χ3v) is 3.21. The van der Waals surface area contributed by atoms with Crippen LogP contribution in [0.2, 0.25) is 10.0 Å². The minimum atomic E-state index is -0.451. The number of hydrogen-bond acceptors (Lipinski definition) is 4. The van der Waals surface area contributed by atoms with Crippen molar-refractivity contribution < 1.29 is 9.90 Å². The molecule has 0 spiro atoms. The van der Waals surface area contributed by atoms with Gasteiger partial charge in [-0.05, 0) is 36.4 Å². The number of carbonyl (C=O) groups is 1. The number of nitriles is 1. The Balaban J connectivity index is 2.09. The van der Waals surface area contributed by atoms with Crippen molar-refractivity contribution in [3.8, 4) is 11.8 Å². The van der Waals surface area contributed by atoms with Crippen LogP contribution in [0, 0.1) is 11.3 Å². The monoisotopic (exact) mass is 333 g/mol. The van der Waals surface area contributed by atoms with E-state index in [2.05, 4.69) is 10.5 Å². The quantitative estimate of drug-likeness (QED) is 0.667. The summed E-state index contributed by atoms with van der Waals surface area (Å²) in [5.74, 6) is -0.629. The van der Waals surface area contributed by atoms with Gasteiger partial charge >= 0.3 is 0 Å². The van der Waals surface area contributed by atoms with E-state index in [9.17, 15) is 9.90 Å². The lowest BCUT2D eigenvalue weighted by Gasteiger charge is -2.03. The molecular formula is C15H9Cl2N3O2. The highest BCUT2D eigenvalue weighted by atomic mass is 35.5. The Hall–Kier alpha value is -2.55. The standard InChI is InChI=1S/C15H9Cl2N3O2/c16-12-5-11(14(21)13(17)6-12)8-19-20-15(22)10-3-1-9(7-18)2-4-10/h1-6,8,21H,(H,20,22). The van der Waals surface area contributed by atoms with E-state index in [1.165, 1.54) is 42.6 Å². The topological polar surface area (TPSA) is 85.5 Å². The molecule has 22 heavy (non-hydrogen) atoms. The Morgan fingerprint density at radius 2 is 1.95 bits per heavy atom. The summed E-state index contributed by atoms with van der Waals surface area (Å²) in [6.45, 7) is 0. The fraction of sp³-hybridized carbons (Fsp3) is 0. The molecule has 2 aromatic rings. The summed E-state index contributed by atoms with van der Waals surface area (Å²) in [6.07, 6.45) is 1.23. The summed E-state index contributed by atoms with van der Waals surface area (Å²) in [4.78, 5) is 11.8. The average Bonchev–Trinajstić information content (AvgIpc) is 2.51. The summed E-state index contributed by atoms with van der Waals surface area (Å²) in [5, 5.41) is 22.6. The number of hydrogen-bond donors (Lipinski definition) is 2. The molecule has 2 rings (SSSR count). The van der Waals surface area contributed by atoms with E-state index in [0.717, 1.165) is 0 Å². The van der Waals surface area contributed by atoms with Crippen molar-refractivity contribution in [1.82, 2.24) is 5.43 Å². The maximum Gasteiger partial charge on any atom is 0.271 e. The van der Waals surface area contributed by atoms with Gasteiger partial charge in [0.1, 0.15) is 5.75 Å². The Labute approximate surface area is 136 Å². The lowest BCUT2D eigenvalue weighted by Crippen LogP contribution is -2.17.